The molecule has 11 heteroatoms. The van der Waals surface area contributed by atoms with Gasteiger partial charge >= 0.3 is 19.8 Å². The van der Waals surface area contributed by atoms with Gasteiger partial charge in [0.05, 0.1) is 19.8 Å². The number of aliphatic hydroxyl groups excluding tert-OH is 2. The number of allylic oxidation sites excluding steroid dienone is 8. The lowest BCUT2D eigenvalue weighted by molar-refractivity contribution is -0.161. The maximum absolute atomic E-state index is 12.6. The van der Waals surface area contributed by atoms with E-state index >= 15 is 0 Å². The summed E-state index contributed by atoms with van der Waals surface area (Å²) in [6.45, 7) is 2.23. The van der Waals surface area contributed by atoms with Gasteiger partial charge in [-0.15, -0.1) is 0 Å². The summed E-state index contributed by atoms with van der Waals surface area (Å²) in [5.41, 5.74) is 0. The highest BCUT2D eigenvalue weighted by Crippen LogP contribution is 2.43. The van der Waals surface area contributed by atoms with Gasteiger partial charge in [-0.25, -0.2) is 4.57 Å². The minimum absolute atomic E-state index is 0.181. The molecule has 3 N–H and O–H groups in total. The monoisotopic (exact) mass is 827 g/mol. The fourth-order valence-corrected chi connectivity index (χ4v) is 6.91. The zero-order chi connectivity index (χ0) is 41.9. The van der Waals surface area contributed by atoms with Gasteiger partial charge in [0.25, 0.3) is 0 Å². The van der Waals surface area contributed by atoms with Crippen molar-refractivity contribution >= 4 is 19.8 Å². The van der Waals surface area contributed by atoms with Crippen LogP contribution in [-0.2, 0) is 32.7 Å². The average Bonchev–Trinajstić information content (AvgIpc) is 3.20. The largest absolute Gasteiger partial charge is 0.472 e. The van der Waals surface area contributed by atoms with Crippen LogP contribution < -0.4 is 0 Å². The number of aliphatic hydroxyl groups is 2. The molecule has 0 bridgehead atoms. The standard InChI is InChI=1S/C46H83O10P/c1-3-5-7-9-11-13-15-17-19-20-21-22-24-26-28-30-32-34-36-38-46(50)56-44(42-55-57(51,52)54-40-43(48)39-47)41-53-45(49)37-35-33-31-29-27-25-23-18-16-14-12-10-8-6-4-2/h6,8,10,12,14,16,18,23,43-44,47-48H,3-5,7,9,11,13,15,17,19-22,24-42H2,1-2H3,(H,51,52)/b8-6+,12-10+,16-14+,23-18+/t43-,44+/m0/s1. The van der Waals surface area contributed by atoms with E-state index in [0.717, 1.165) is 57.8 Å². The van der Waals surface area contributed by atoms with E-state index in [-0.39, 0.29) is 19.4 Å². The van der Waals surface area contributed by atoms with E-state index in [1.165, 1.54) is 96.3 Å². The number of rotatable bonds is 42. The lowest BCUT2D eigenvalue weighted by Gasteiger charge is -2.20. The summed E-state index contributed by atoms with van der Waals surface area (Å²) in [4.78, 5) is 35.0. The second kappa shape index (κ2) is 42.1. The molecule has 0 aromatic rings. The van der Waals surface area contributed by atoms with E-state index in [0.29, 0.717) is 12.8 Å². The predicted octanol–water partition coefficient (Wildman–Crippen LogP) is 12.1. The van der Waals surface area contributed by atoms with Crippen molar-refractivity contribution in [2.75, 3.05) is 26.4 Å². The van der Waals surface area contributed by atoms with Crippen molar-refractivity contribution in [1.82, 2.24) is 0 Å². The number of carbonyl (C=O) groups excluding carboxylic acids is 2. The molecule has 0 heterocycles. The number of esters is 2. The second-order valence-corrected chi connectivity index (χ2v) is 16.6. The zero-order valence-electron chi connectivity index (χ0n) is 36.0. The Morgan fingerprint density at radius 3 is 1.46 bits per heavy atom. The molecule has 0 aromatic carbocycles. The van der Waals surface area contributed by atoms with E-state index in [1.54, 1.807) is 0 Å². The molecule has 1 unspecified atom stereocenters. The van der Waals surface area contributed by atoms with Crippen LogP contribution in [0.1, 0.15) is 194 Å². The highest BCUT2D eigenvalue weighted by Gasteiger charge is 2.27. The Balaban J connectivity index is 4.27. The molecule has 0 aromatic heterocycles. The average molecular weight is 827 g/mol. The summed E-state index contributed by atoms with van der Waals surface area (Å²) >= 11 is 0. The van der Waals surface area contributed by atoms with Crippen LogP contribution in [0.3, 0.4) is 0 Å². The van der Waals surface area contributed by atoms with Crippen LogP contribution in [0.5, 0.6) is 0 Å². The SMILES string of the molecule is CC/C=C/C=C/C=C/C=C/CCCCCCCC(=O)OC[C@H](COP(=O)(O)OC[C@@H](O)CO)OC(=O)CCCCCCCCCCCCCCCCCCCCC. The summed E-state index contributed by atoms with van der Waals surface area (Å²) in [6.07, 6.45) is 45.0. The Bertz CT molecular complexity index is 1090. The molecule has 0 saturated heterocycles. The molecule has 0 saturated carbocycles. The zero-order valence-corrected chi connectivity index (χ0v) is 36.9. The molecule has 0 aliphatic heterocycles. The number of hydrogen-bond acceptors (Lipinski definition) is 9. The smallest absolute Gasteiger partial charge is 0.462 e. The van der Waals surface area contributed by atoms with Crippen LogP contribution >= 0.6 is 7.82 Å². The van der Waals surface area contributed by atoms with Crippen LogP contribution in [-0.4, -0.2) is 65.7 Å². The Labute approximate surface area is 347 Å². The summed E-state index contributed by atoms with van der Waals surface area (Å²) < 4.78 is 32.7. The predicted molar refractivity (Wildman–Crippen MR) is 233 cm³/mol. The van der Waals surface area contributed by atoms with Gasteiger partial charge in [0.2, 0.25) is 0 Å². The quantitative estimate of drug-likeness (QED) is 0.0235. The maximum Gasteiger partial charge on any atom is 0.472 e. The van der Waals surface area contributed by atoms with Gasteiger partial charge in [-0.05, 0) is 32.1 Å². The Kier molecular flexibility index (Phi) is 40.5. The third-order valence-electron chi connectivity index (χ3n) is 9.59. The second-order valence-electron chi connectivity index (χ2n) is 15.1. The molecule has 0 aliphatic rings. The highest BCUT2D eigenvalue weighted by atomic mass is 31.2. The third-order valence-corrected chi connectivity index (χ3v) is 10.5. The first-order valence-electron chi connectivity index (χ1n) is 22.6. The maximum atomic E-state index is 12.6. The van der Waals surface area contributed by atoms with E-state index < -0.39 is 51.8 Å². The topological polar surface area (TPSA) is 149 Å². The van der Waals surface area contributed by atoms with E-state index in [4.69, 9.17) is 23.6 Å². The van der Waals surface area contributed by atoms with Gasteiger partial charge in [-0.1, -0.05) is 197 Å². The molecule has 0 amide bonds. The first-order chi connectivity index (χ1) is 27.7. The molecule has 0 fully saturated rings. The highest BCUT2D eigenvalue weighted by molar-refractivity contribution is 7.47. The molecule has 0 radical (unpaired) electrons. The Morgan fingerprint density at radius 2 is 0.965 bits per heavy atom. The number of hydrogen-bond donors (Lipinski definition) is 3. The first-order valence-corrected chi connectivity index (χ1v) is 24.1. The molecule has 0 spiro atoms. The minimum Gasteiger partial charge on any atom is -0.462 e. The molecule has 0 aliphatic carbocycles. The summed E-state index contributed by atoms with van der Waals surface area (Å²) in [7, 11) is -4.62. The Morgan fingerprint density at radius 1 is 0.544 bits per heavy atom. The van der Waals surface area contributed by atoms with Gasteiger partial charge < -0.3 is 24.6 Å². The molecular formula is C46H83O10P. The molecule has 3 atom stereocenters. The van der Waals surface area contributed by atoms with Crippen LogP contribution in [0.4, 0.5) is 0 Å². The van der Waals surface area contributed by atoms with Gasteiger partial charge in [0.1, 0.15) is 12.7 Å². The molecular weight excluding hydrogens is 743 g/mol. The van der Waals surface area contributed by atoms with Gasteiger partial charge in [0.15, 0.2) is 6.10 Å². The van der Waals surface area contributed by atoms with Gasteiger partial charge in [-0.2, -0.15) is 0 Å². The van der Waals surface area contributed by atoms with Gasteiger partial charge in [-0.3, -0.25) is 18.6 Å². The van der Waals surface area contributed by atoms with E-state index in [2.05, 4.69) is 32.1 Å². The van der Waals surface area contributed by atoms with Crippen molar-refractivity contribution in [2.24, 2.45) is 0 Å². The fraction of sp³-hybridized carbons (Fsp3) is 0.783. The van der Waals surface area contributed by atoms with Crippen molar-refractivity contribution < 1.29 is 47.8 Å². The lowest BCUT2D eigenvalue weighted by atomic mass is 10.0. The molecule has 57 heavy (non-hydrogen) atoms. The van der Waals surface area contributed by atoms with Crippen LogP contribution in [0, 0.1) is 0 Å². The third kappa shape index (κ3) is 41.9. The normalized spacial score (nSPS) is 14.3. The molecule has 0 rings (SSSR count). The number of ether oxygens (including phenoxy) is 2. The van der Waals surface area contributed by atoms with Crippen molar-refractivity contribution in [3.63, 3.8) is 0 Å². The Hall–Kier alpha value is -2.07. The number of carbonyl (C=O) groups is 2. The van der Waals surface area contributed by atoms with Crippen LogP contribution in [0.2, 0.25) is 0 Å². The number of phosphoric acid groups is 1. The van der Waals surface area contributed by atoms with Gasteiger partial charge in [0, 0.05) is 12.8 Å². The van der Waals surface area contributed by atoms with Crippen LogP contribution in [0.25, 0.3) is 0 Å². The van der Waals surface area contributed by atoms with Crippen molar-refractivity contribution in [1.29, 1.82) is 0 Å². The lowest BCUT2D eigenvalue weighted by Crippen LogP contribution is -2.29. The summed E-state index contributed by atoms with van der Waals surface area (Å²) in [5.74, 6) is -0.947. The van der Waals surface area contributed by atoms with Crippen molar-refractivity contribution in [3.05, 3.63) is 48.6 Å². The first kappa shape index (κ1) is 54.9. The van der Waals surface area contributed by atoms with Crippen molar-refractivity contribution in [2.45, 2.75) is 206 Å². The molecule has 332 valence electrons. The summed E-state index contributed by atoms with van der Waals surface area (Å²) in [6, 6.07) is 0. The van der Waals surface area contributed by atoms with E-state index in [1.807, 2.05) is 30.4 Å². The van der Waals surface area contributed by atoms with Crippen LogP contribution in [0.15, 0.2) is 48.6 Å². The number of phosphoric ester groups is 1. The molecule has 10 nitrogen and oxygen atoms in total. The summed E-state index contributed by atoms with van der Waals surface area (Å²) in [5, 5.41) is 18.3. The fourth-order valence-electron chi connectivity index (χ4n) is 6.12. The van der Waals surface area contributed by atoms with E-state index in [9.17, 15) is 24.2 Å². The van der Waals surface area contributed by atoms with Crippen molar-refractivity contribution in [3.8, 4) is 0 Å². The minimum atomic E-state index is -4.62. The number of unbranched alkanes of at least 4 members (excludes halogenated alkanes) is 23.